The molecule has 21 heavy (non-hydrogen) atoms. The first-order valence-electron chi connectivity index (χ1n) is 7.88. The third kappa shape index (κ3) is 5.76. The van der Waals surface area contributed by atoms with Crippen LogP contribution in [0.25, 0.3) is 4.85 Å². The summed E-state index contributed by atoms with van der Waals surface area (Å²) in [6, 6.07) is 2.26. The highest BCUT2D eigenvalue weighted by Crippen LogP contribution is 2.34. The molecule has 0 saturated heterocycles. The average molecular weight is 289 g/mol. The molecule has 0 heterocycles. The summed E-state index contributed by atoms with van der Waals surface area (Å²) in [6.45, 7) is 15.4. The normalized spacial score (nSPS) is 21.8. The van der Waals surface area contributed by atoms with Crippen LogP contribution in [-0.2, 0) is 4.84 Å². The zero-order valence-electron chi connectivity index (χ0n) is 13.8. The second-order valence-electron chi connectivity index (χ2n) is 7.01. The van der Waals surface area contributed by atoms with Crippen molar-refractivity contribution in [2.24, 2.45) is 11.1 Å². The van der Waals surface area contributed by atoms with E-state index in [1.54, 1.807) is 0 Å². The number of hydrogen-bond donors (Lipinski definition) is 0. The molecule has 0 aliphatic heterocycles. The van der Waals surface area contributed by atoms with Gasteiger partial charge in [0.25, 0.3) is 0 Å². The predicted molar refractivity (Wildman–Crippen MR) is 84.7 cm³/mol. The van der Waals surface area contributed by atoms with Crippen molar-refractivity contribution in [2.75, 3.05) is 0 Å². The molecule has 0 aromatic carbocycles. The van der Waals surface area contributed by atoms with Gasteiger partial charge < -0.3 is 4.84 Å². The van der Waals surface area contributed by atoms with Crippen molar-refractivity contribution in [3.63, 3.8) is 0 Å². The van der Waals surface area contributed by atoms with E-state index < -0.39 is 5.54 Å². The molecule has 1 fully saturated rings. The number of nitriles is 1. The summed E-state index contributed by atoms with van der Waals surface area (Å²) < 4.78 is 0. The van der Waals surface area contributed by atoms with Gasteiger partial charge in [-0.05, 0) is 58.8 Å². The van der Waals surface area contributed by atoms with Crippen molar-refractivity contribution in [2.45, 2.75) is 83.8 Å². The fraction of sp³-hybridized carbons (Fsp3) is 0.824. The van der Waals surface area contributed by atoms with Gasteiger partial charge in [-0.2, -0.15) is 5.26 Å². The number of oxime groups is 1. The third-order valence-electron chi connectivity index (χ3n) is 3.84. The molecule has 1 unspecified atom stereocenters. The summed E-state index contributed by atoms with van der Waals surface area (Å²) in [7, 11) is 0. The number of rotatable bonds is 5. The Morgan fingerprint density at radius 1 is 1.38 bits per heavy atom. The van der Waals surface area contributed by atoms with Gasteiger partial charge in [0.05, 0.1) is 5.71 Å². The first-order valence-corrected chi connectivity index (χ1v) is 7.88. The Bertz CT molecular complexity index is 424. The Hall–Kier alpha value is -1.55. The van der Waals surface area contributed by atoms with Gasteiger partial charge in [0.1, 0.15) is 5.60 Å². The van der Waals surface area contributed by atoms with Crippen LogP contribution in [0, 0.1) is 23.8 Å². The first-order chi connectivity index (χ1) is 9.84. The van der Waals surface area contributed by atoms with Gasteiger partial charge in [0.15, 0.2) is 6.07 Å². The fourth-order valence-electron chi connectivity index (χ4n) is 2.73. The third-order valence-corrected chi connectivity index (χ3v) is 3.84. The van der Waals surface area contributed by atoms with E-state index in [2.05, 4.69) is 16.1 Å². The van der Waals surface area contributed by atoms with Crippen molar-refractivity contribution >= 4 is 5.71 Å². The predicted octanol–water partition coefficient (Wildman–Crippen LogP) is 4.72. The maximum atomic E-state index is 9.36. The summed E-state index contributed by atoms with van der Waals surface area (Å²) in [4.78, 5) is 9.12. The highest BCUT2D eigenvalue weighted by molar-refractivity contribution is 5.84. The van der Waals surface area contributed by atoms with Crippen LogP contribution in [0.5, 0.6) is 0 Å². The molecule has 1 rings (SSSR count). The highest BCUT2D eigenvalue weighted by Gasteiger charge is 2.39. The molecular formula is C17H27N3O. The molecule has 1 saturated carbocycles. The van der Waals surface area contributed by atoms with Crippen LogP contribution in [-0.4, -0.2) is 16.9 Å². The lowest BCUT2D eigenvalue weighted by molar-refractivity contribution is -0.000197. The lowest BCUT2D eigenvalue weighted by Crippen LogP contribution is -2.28. The Balaban J connectivity index is 2.54. The van der Waals surface area contributed by atoms with E-state index >= 15 is 0 Å². The van der Waals surface area contributed by atoms with E-state index in [1.165, 1.54) is 0 Å². The molecule has 0 aromatic heterocycles. The zero-order chi connectivity index (χ0) is 15.9. The summed E-state index contributed by atoms with van der Waals surface area (Å²) >= 11 is 0. The van der Waals surface area contributed by atoms with E-state index in [4.69, 9.17) is 11.4 Å². The van der Waals surface area contributed by atoms with Crippen LogP contribution in [0.2, 0.25) is 0 Å². The van der Waals surface area contributed by atoms with E-state index in [9.17, 15) is 5.26 Å². The minimum atomic E-state index is -0.810. The molecule has 0 amide bonds. The van der Waals surface area contributed by atoms with Gasteiger partial charge in [-0.15, -0.1) is 0 Å². The molecule has 4 nitrogen and oxygen atoms in total. The summed E-state index contributed by atoms with van der Waals surface area (Å²) in [5.41, 5.74) is 0.0584. The molecule has 0 aromatic rings. The molecule has 1 aliphatic carbocycles. The maximum Gasteiger partial charge on any atom is 0.316 e. The quantitative estimate of drug-likeness (QED) is 0.543. The Morgan fingerprint density at radius 2 is 2.00 bits per heavy atom. The van der Waals surface area contributed by atoms with Crippen LogP contribution in [0.1, 0.15) is 72.6 Å². The Labute approximate surface area is 129 Å². The molecule has 116 valence electrons. The van der Waals surface area contributed by atoms with E-state index in [0.29, 0.717) is 18.8 Å². The molecule has 4 heteroatoms. The first kappa shape index (κ1) is 17.5. The van der Waals surface area contributed by atoms with Gasteiger partial charge in [-0.3, -0.25) is 4.85 Å². The van der Waals surface area contributed by atoms with Crippen molar-refractivity contribution < 1.29 is 4.84 Å². The molecule has 0 radical (unpaired) electrons. The van der Waals surface area contributed by atoms with E-state index in [0.717, 1.165) is 37.8 Å². The minimum absolute atomic E-state index is 0.245. The molecule has 0 bridgehead atoms. The minimum Gasteiger partial charge on any atom is -0.390 e. The molecular weight excluding hydrogens is 262 g/mol. The van der Waals surface area contributed by atoms with Crippen molar-refractivity contribution in [3.8, 4) is 6.07 Å². The second kappa shape index (κ2) is 7.46. The summed E-state index contributed by atoms with van der Waals surface area (Å²) in [6.07, 6.45) is 6.13. The van der Waals surface area contributed by atoms with Crippen LogP contribution in [0.4, 0.5) is 0 Å². The van der Waals surface area contributed by atoms with E-state index in [-0.39, 0.29) is 5.60 Å². The number of hydrogen-bond acceptors (Lipinski definition) is 3. The van der Waals surface area contributed by atoms with Gasteiger partial charge in [0, 0.05) is 12.8 Å². The Morgan fingerprint density at radius 3 is 2.43 bits per heavy atom. The molecule has 0 N–H and O–H groups in total. The van der Waals surface area contributed by atoms with Gasteiger partial charge in [0.2, 0.25) is 0 Å². The zero-order valence-corrected chi connectivity index (χ0v) is 13.8. The number of nitrogens with zero attached hydrogens (tertiary/aromatic N) is 3. The van der Waals surface area contributed by atoms with Crippen molar-refractivity contribution in [1.29, 1.82) is 5.26 Å². The van der Waals surface area contributed by atoms with Crippen LogP contribution in [0.3, 0.4) is 0 Å². The molecule has 0 spiro atoms. The lowest BCUT2D eigenvalue weighted by Gasteiger charge is -2.26. The summed E-state index contributed by atoms with van der Waals surface area (Å²) in [5, 5.41) is 13.6. The largest absolute Gasteiger partial charge is 0.390 e. The highest BCUT2D eigenvalue weighted by atomic mass is 16.6. The monoisotopic (exact) mass is 289 g/mol. The average Bonchev–Trinajstić information content (AvgIpc) is 2.45. The molecule has 1 aliphatic rings. The topological polar surface area (TPSA) is 49.7 Å². The lowest BCUT2D eigenvalue weighted by atomic mass is 9.78. The van der Waals surface area contributed by atoms with Crippen molar-refractivity contribution in [1.82, 2.24) is 0 Å². The van der Waals surface area contributed by atoms with Gasteiger partial charge in [-0.25, -0.2) is 6.57 Å². The fourth-order valence-corrected chi connectivity index (χ4v) is 2.73. The van der Waals surface area contributed by atoms with Crippen LogP contribution < -0.4 is 0 Å². The maximum absolute atomic E-state index is 9.36. The van der Waals surface area contributed by atoms with Gasteiger partial charge >= 0.3 is 5.54 Å². The van der Waals surface area contributed by atoms with Crippen LogP contribution >= 0.6 is 0 Å². The second-order valence-corrected chi connectivity index (χ2v) is 7.01. The SMILES string of the molecule is [C-]#[N+]C(C#N)(CCC)CC1CCC(=NOC(C)(C)C)CC1. The van der Waals surface area contributed by atoms with Crippen molar-refractivity contribution in [3.05, 3.63) is 11.4 Å². The van der Waals surface area contributed by atoms with Gasteiger partial charge in [-0.1, -0.05) is 12.1 Å². The van der Waals surface area contributed by atoms with E-state index in [1.807, 2.05) is 27.7 Å². The standard InChI is InChI=1S/C17H27N3O/c1-6-11-17(13-18,19-5)12-14-7-9-15(10-8-14)20-21-16(2,3)4/h14H,6-12H2,1-4H3. The smallest absolute Gasteiger partial charge is 0.316 e. The van der Waals surface area contributed by atoms with Crippen LogP contribution in [0.15, 0.2) is 5.16 Å². The molecule has 1 atom stereocenters. The Kier molecular flexibility index (Phi) is 6.21. The summed E-state index contributed by atoms with van der Waals surface area (Å²) in [5.74, 6) is 0.457.